The molecular formula is C27H34N2O5. The Balaban J connectivity index is 1.51. The van der Waals surface area contributed by atoms with Gasteiger partial charge >= 0.3 is 12.1 Å². The van der Waals surface area contributed by atoms with E-state index in [1.165, 1.54) is 11.1 Å². The Morgan fingerprint density at radius 2 is 1.62 bits per heavy atom. The first-order valence-electron chi connectivity index (χ1n) is 11.8. The maximum atomic E-state index is 12.6. The van der Waals surface area contributed by atoms with E-state index in [2.05, 4.69) is 34.9 Å². The Labute approximate surface area is 200 Å². The predicted octanol–water partition coefficient (Wildman–Crippen LogP) is 4.84. The highest BCUT2D eigenvalue weighted by molar-refractivity contribution is 5.79. The number of aliphatic carboxylic acids is 1. The lowest BCUT2D eigenvalue weighted by molar-refractivity contribution is -0.137. The predicted molar refractivity (Wildman–Crippen MR) is 131 cm³/mol. The quantitative estimate of drug-likeness (QED) is 0.439. The van der Waals surface area contributed by atoms with Crippen LogP contribution >= 0.6 is 0 Å². The van der Waals surface area contributed by atoms with E-state index in [9.17, 15) is 14.4 Å². The van der Waals surface area contributed by atoms with Crippen LogP contribution in [0.2, 0.25) is 0 Å². The Bertz CT molecular complexity index is 988. The summed E-state index contributed by atoms with van der Waals surface area (Å²) in [5, 5.41) is 14.7. The minimum absolute atomic E-state index is 0.0169. The molecule has 1 unspecified atom stereocenters. The molecule has 0 spiro atoms. The van der Waals surface area contributed by atoms with Crippen LogP contribution in [0.1, 0.15) is 69.9 Å². The van der Waals surface area contributed by atoms with Gasteiger partial charge in [-0.3, -0.25) is 9.59 Å². The van der Waals surface area contributed by atoms with Crippen molar-refractivity contribution in [3.05, 3.63) is 59.7 Å². The van der Waals surface area contributed by atoms with Gasteiger partial charge in [-0.1, -0.05) is 61.9 Å². The maximum absolute atomic E-state index is 12.6. The van der Waals surface area contributed by atoms with Crippen molar-refractivity contribution in [2.24, 2.45) is 0 Å². The van der Waals surface area contributed by atoms with Gasteiger partial charge in [0.1, 0.15) is 6.61 Å². The van der Waals surface area contributed by atoms with Gasteiger partial charge in [0.2, 0.25) is 5.91 Å². The Morgan fingerprint density at radius 3 is 2.18 bits per heavy atom. The summed E-state index contributed by atoms with van der Waals surface area (Å²) >= 11 is 0. The van der Waals surface area contributed by atoms with Gasteiger partial charge in [-0.05, 0) is 48.9 Å². The van der Waals surface area contributed by atoms with Crippen LogP contribution in [0.15, 0.2) is 48.5 Å². The van der Waals surface area contributed by atoms with E-state index in [0.29, 0.717) is 12.8 Å². The van der Waals surface area contributed by atoms with E-state index in [1.807, 2.05) is 45.0 Å². The number of carboxylic acid groups (broad SMARTS) is 1. The highest BCUT2D eigenvalue weighted by Crippen LogP contribution is 2.44. The van der Waals surface area contributed by atoms with Crippen LogP contribution in [0.5, 0.6) is 0 Å². The zero-order chi connectivity index (χ0) is 24.7. The molecule has 1 atom stereocenters. The molecule has 1 aliphatic carbocycles. The topological polar surface area (TPSA) is 105 Å². The number of alkyl carbamates (subject to hydrolysis) is 1. The average Bonchev–Trinajstić information content (AvgIpc) is 3.10. The van der Waals surface area contributed by atoms with Gasteiger partial charge in [-0.25, -0.2) is 4.79 Å². The summed E-state index contributed by atoms with van der Waals surface area (Å²) in [6, 6.07) is 15.9. The molecule has 0 saturated carbocycles. The van der Waals surface area contributed by atoms with E-state index in [1.54, 1.807) is 0 Å². The summed E-state index contributed by atoms with van der Waals surface area (Å²) in [5.74, 6) is -1.17. The number of ether oxygens (including phenoxy) is 1. The minimum atomic E-state index is -0.934. The van der Waals surface area contributed by atoms with Crippen molar-refractivity contribution >= 4 is 18.0 Å². The Kier molecular flexibility index (Phi) is 8.31. The molecule has 7 nitrogen and oxygen atoms in total. The SMILES string of the molecule is CCCC(CC(=O)O)NC(=O)CCC(C)(C)NC(=O)OCC1c2ccccc2-c2ccccc21. The number of hydrogen-bond donors (Lipinski definition) is 3. The van der Waals surface area contributed by atoms with E-state index >= 15 is 0 Å². The van der Waals surface area contributed by atoms with E-state index in [-0.39, 0.29) is 37.3 Å². The first kappa shape index (κ1) is 25.3. The molecule has 0 saturated heterocycles. The van der Waals surface area contributed by atoms with Crippen molar-refractivity contribution in [3.8, 4) is 11.1 Å². The van der Waals surface area contributed by atoms with Gasteiger partial charge in [-0.2, -0.15) is 0 Å². The van der Waals surface area contributed by atoms with Crippen molar-refractivity contribution in [2.75, 3.05) is 6.61 Å². The zero-order valence-electron chi connectivity index (χ0n) is 20.1. The molecule has 0 fully saturated rings. The molecular weight excluding hydrogens is 432 g/mol. The molecule has 2 amide bonds. The summed E-state index contributed by atoms with van der Waals surface area (Å²) in [6.45, 7) is 5.84. The summed E-state index contributed by atoms with van der Waals surface area (Å²) in [6.07, 6.45) is 1.35. The van der Waals surface area contributed by atoms with Gasteiger partial charge < -0.3 is 20.5 Å². The van der Waals surface area contributed by atoms with Crippen LogP contribution in [0.4, 0.5) is 4.79 Å². The highest BCUT2D eigenvalue weighted by Gasteiger charge is 2.30. The summed E-state index contributed by atoms with van der Waals surface area (Å²) < 4.78 is 5.61. The number of carbonyl (C=O) groups excluding carboxylic acids is 2. The molecule has 7 heteroatoms. The summed E-state index contributed by atoms with van der Waals surface area (Å²) in [7, 11) is 0. The standard InChI is InChI=1S/C27H34N2O5/c1-4-9-18(16-25(31)32)28-24(30)14-15-27(2,3)29-26(33)34-17-23-21-12-7-5-10-19(21)20-11-6-8-13-22(20)23/h5-8,10-13,18,23H,4,9,14-17H2,1-3H3,(H,28,30)(H,29,33)(H,31,32). The average molecular weight is 467 g/mol. The smallest absolute Gasteiger partial charge is 0.407 e. The van der Waals surface area contributed by atoms with Crippen molar-refractivity contribution < 1.29 is 24.2 Å². The van der Waals surface area contributed by atoms with Gasteiger partial charge in [-0.15, -0.1) is 0 Å². The zero-order valence-corrected chi connectivity index (χ0v) is 20.1. The number of carbonyl (C=O) groups is 3. The maximum Gasteiger partial charge on any atom is 0.407 e. The van der Waals surface area contributed by atoms with Crippen molar-refractivity contribution in [1.29, 1.82) is 0 Å². The largest absolute Gasteiger partial charge is 0.481 e. The van der Waals surface area contributed by atoms with Crippen molar-refractivity contribution in [3.63, 3.8) is 0 Å². The number of fused-ring (bicyclic) bond motifs is 3. The highest BCUT2D eigenvalue weighted by atomic mass is 16.5. The number of benzene rings is 2. The van der Waals surface area contributed by atoms with Crippen LogP contribution in [-0.2, 0) is 14.3 Å². The fraction of sp³-hybridized carbons (Fsp3) is 0.444. The third-order valence-corrected chi connectivity index (χ3v) is 6.18. The lowest BCUT2D eigenvalue weighted by Gasteiger charge is -2.26. The molecule has 1 aliphatic rings. The molecule has 34 heavy (non-hydrogen) atoms. The second-order valence-electron chi connectivity index (χ2n) is 9.49. The normalized spacial score (nSPS) is 13.5. The lowest BCUT2D eigenvalue weighted by Crippen LogP contribution is -2.45. The molecule has 0 aliphatic heterocycles. The van der Waals surface area contributed by atoms with Crippen LogP contribution in [0, 0.1) is 0 Å². The van der Waals surface area contributed by atoms with Crippen molar-refractivity contribution in [2.45, 2.75) is 70.4 Å². The molecule has 0 bridgehead atoms. The number of rotatable bonds is 11. The van der Waals surface area contributed by atoms with Crippen LogP contribution in [0.25, 0.3) is 11.1 Å². The van der Waals surface area contributed by atoms with Crippen LogP contribution < -0.4 is 10.6 Å². The second-order valence-corrected chi connectivity index (χ2v) is 9.49. The summed E-state index contributed by atoms with van der Waals surface area (Å²) in [5.41, 5.74) is 3.98. The second kappa shape index (κ2) is 11.2. The monoisotopic (exact) mass is 466 g/mol. The van der Waals surface area contributed by atoms with Crippen LogP contribution in [0.3, 0.4) is 0 Å². The van der Waals surface area contributed by atoms with E-state index < -0.39 is 17.6 Å². The molecule has 0 heterocycles. The Morgan fingerprint density at radius 1 is 1.03 bits per heavy atom. The fourth-order valence-corrected chi connectivity index (χ4v) is 4.48. The third kappa shape index (κ3) is 6.59. The molecule has 2 aromatic rings. The summed E-state index contributed by atoms with van der Waals surface area (Å²) in [4.78, 5) is 35.9. The van der Waals surface area contributed by atoms with Gasteiger partial charge in [0.15, 0.2) is 0 Å². The van der Waals surface area contributed by atoms with Gasteiger partial charge in [0.05, 0.1) is 6.42 Å². The fourth-order valence-electron chi connectivity index (χ4n) is 4.48. The molecule has 182 valence electrons. The first-order valence-corrected chi connectivity index (χ1v) is 11.8. The lowest BCUT2D eigenvalue weighted by atomic mass is 9.97. The third-order valence-electron chi connectivity index (χ3n) is 6.18. The van der Waals surface area contributed by atoms with E-state index in [4.69, 9.17) is 9.84 Å². The first-order chi connectivity index (χ1) is 16.2. The molecule has 3 N–H and O–H groups in total. The van der Waals surface area contributed by atoms with Crippen LogP contribution in [-0.4, -0.2) is 41.3 Å². The molecule has 0 aromatic heterocycles. The number of nitrogens with one attached hydrogen (secondary N) is 2. The van der Waals surface area contributed by atoms with Gasteiger partial charge in [0, 0.05) is 23.9 Å². The van der Waals surface area contributed by atoms with Gasteiger partial charge in [0.25, 0.3) is 0 Å². The van der Waals surface area contributed by atoms with Crippen molar-refractivity contribution in [1.82, 2.24) is 10.6 Å². The number of amides is 2. The minimum Gasteiger partial charge on any atom is -0.481 e. The molecule has 3 rings (SSSR count). The number of carboxylic acids is 1. The van der Waals surface area contributed by atoms with E-state index in [0.717, 1.165) is 17.5 Å². The number of hydrogen-bond acceptors (Lipinski definition) is 4. The Hall–Kier alpha value is -3.35. The molecule has 0 radical (unpaired) electrons. The molecule has 2 aromatic carbocycles.